The van der Waals surface area contributed by atoms with E-state index in [4.69, 9.17) is 4.42 Å². The van der Waals surface area contributed by atoms with Crippen molar-refractivity contribution in [3.63, 3.8) is 0 Å². The summed E-state index contributed by atoms with van der Waals surface area (Å²) in [6.45, 7) is 3.85. The van der Waals surface area contributed by atoms with Crippen LogP contribution in [-0.2, 0) is 10.8 Å². The Labute approximate surface area is 144 Å². The maximum atomic E-state index is 13.2. The summed E-state index contributed by atoms with van der Waals surface area (Å²) in [4.78, 5) is 0.700. The van der Waals surface area contributed by atoms with Crippen LogP contribution in [0.3, 0.4) is 0 Å². The highest BCUT2D eigenvalue weighted by atomic mass is 127. The van der Waals surface area contributed by atoms with Crippen molar-refractivity contribution < 1.29 is 13.0 Å². The summed E-state index contributed by atoms with van der Waals surface area (Å²) in [6.07, 6.45) is 0. The van der Waals surface area contributed by atoms with Gasteiger partial charge in [0.15, 0.2) is 5.76 Å². The fourth-order valence-corrected chi connectivity index (χ4v) is 4.30. The number of benzene rings is 2. The zero-order chi connectivity index (χ0) is 15.9. The van der Waals surface area contributed by atoms with Gasteiger partial charge >= 0.3 is 0 Å². The van der Waals surface area contributed by atoms with Gasteiger partial charge < -0.3 is 4.42 Å². The highest BCUT2D eigenvalue weighted by Gasteiger charge is 2.21. The fraction of sp³-hybridized carbons (Fsp3) is 0.176. The second kappa shape index (κ2) is 6.12. The van der Waals surface area contributed by atoms with E-state index in [9.17, 15) is 8.60 Å². The topological polar surface area (TPSA) is 30.2 Å². The fourth-order valence-electron chi connectivity index (χ4n) is 2.47. The third-order valence-electron chi connectivity index (χ3n) is 3.49. The number of furan rings is 1. The standard InChI is InChI=1S/C17H14FIO2S/c1-3-22(20)17-14-9-13(19)8-10(2)15(14)21-16(17)11-4-6-12(18)7-5-11/h4-9H,3H2,1-2H3/t22-/m1/s1. The molecule has 1 atom stereocenters. The molecule has 1 heterocycles. The molecule has 5 heteroatoms. The smallest absolute Gasteiger partial charge is 0.151 e. The lowest BCUT2D eigenvalue weighted by molar-refractivity contribution is 0.616. The molecule has 0 spiro atoms. The lowest BCUT2D eigenvalue weighted by Gasteiger charge is -2.02. The molecule has 0 bridgehead atoms. The molecule has 0 aliphatic heterocycles. The second-order valence-electron chi connectivity index (χ2n) is 5.00. The van der Waals surface area contributed by atoms with E-state index in [0.717, 1.165) is 25.7 Å². The van der Waals surface area contributed by atoms with Crippen LogP contribution in [-0.4, -0.2) is 9.96 Å². The summed E-state index contributed by atoms with van der Waals surface area (Å²) in [5.41, 5.74) is 2.49. The molecule has 0 fully saturated rings. The van der Waals surface area contributed by atoms with Crippen molar-refractivity contribution in [1.29, 1.82) is 0 Å². The van der Waals surface area contributed by atoms with Gasteiger partial charge in [-0.05, 0) is 71.5 Å². The van der Waals surface area contributed by atoms with E-state index >= 15 is 0 Å². The first kappa shape index (κ1) is 15.7. The van der Waals surface area contributed by atoms with E-state index in [1.54, 1.807) is 12.1 Å². The van der Waals surface area contributed by atoms with Gasteiger partial charge in [-0.3, -0.25) is 4.21 Å². The SMILES string of the molecule is CC[S@@](=O)c1c(-c2ccc(F)cc2)oc2c(C)cc(I)cc12. The van der Waals surface area contributed by atoms with Crippen molar-refractivity contribution in [1.82, 2.24) is 0 Å². The third kappa shape index (κ3) is 2.72. The van der Waals surface area contributed by atoms with Crippen LogP contribution in [0.25, 0.3) is 22.3 Å². The van der Waals surface area contributed by atoms with E-state index in [0.29, 0.717) is 16.4 Å². The predicted octanol–water partition coefficient (Wildman–Crippen LogP) is 5.28. The molecule has 0 radical (unpaired) electrons. The molecule has 0 saturated carbocycles. The van der Waals surface area contributed by atoms with Crippen LogP contribution in [0, 0.1) is 16.3 Å². The van der Waals surface area contributed by atoms with Gasteiger partial charge in [0.25, 0.3) is 0 Å². The van der Waals surface area contributed by atoms with Gasteiger partial charge in [-0.25, -0.2) is 4.39 Å². The van der Waals surface area contributed by atoms with Crippen LogP contribution < -0.4 is 0 Å². The molecule has 0 amide bonds. The zero-order valence-electron chi connectivity index (χ0n) is 12.2. The van der Waals surface area contributed by atoms with Crippen LogP contribution in [0.2, 0.25) is 0 Å². The molecule has 0 saturated heterocycles. The summed E-state index contributed by atoms with van der Waals surface area (Å²) in [7, 11) is -1.16. The van der Waals surface area contributed by atoms with E-state index in [-0.39, 0.29) is 5.82 Å². The van der Waals surface area contributed by atoms with Crippen LogP contribution >= 0.6 is 22.6 Å². The quantitative estimate of drug-likeness (QED) is 0.532. The molecule has 114 valence electrons. The first-order valence-corrected chi connectivity index (χ1v) is 9.28. The van der Waals surface area contributed by atoms with E-state index in [1.807, 2.05) is 26.0 Å². The summed E-state index contributed by atoms with van der Waals surface area (Å²) in [6, 6.07) is 10.1. The molecular formula is C17H14FIO2S. The molecule has 0 N–H and O–H groups in total. The van der Waals surface area contributed by atoms with Crippen molar-refractivity contribution in [3.05, 3.63) is 51.3 Å². The van der Waals surface area contributed by atoms with Gasteiger partial charge in [-0.1, -0.05) is 6.92 Å². The van der Waals surface area contributed by atoms with Crippen LogP contribution in [0.5, 0.6) is 0 Å². The number of fused-ring (bicyclic) bond motifs is 1. The van der Waals surface area contributed by atoms with Gasteiger partial charge in [0.2, 0.25) is 0 Å². The van der Waals surface area contributed by atoms with Gasteiger partial charge in [0, 0.05) is 20.3 Å². The normalized spacial score (nSPS) is 12.7. The monoisotopic (exact) mass is 428 g/mol. The lowest BCUT2D eigenvalue weighted by Crippen LogP contribution is -1.95. The molecule has 2 aromatic carbocycles. The van der Waals surface area contributed by atoms with Gasteiger partial charge in [0.05, 0.1) is 15.7 Å². The number of aryl methyl sites for hydroxylation is 1. The van der Waals surface area contributed by atoms with Crippen LogP contribution in [0.15, 0.2) is 45.7 Å². The minimum Gasteiger partial charge on any atom is -0.454 e. The number of hydrogen-bond acceptors (Lipinski definition) is 2. The first-order chi connectivity index (χ1) is 10.5. The van der Waals surface area contributed by atoms with E-state index in [1.165, 1.54) is 12.1 Å². The maximum Gasteiger partial charge on any atom is 0.151 e. The van der Waals surface area contributed by atoms with Crippen LogP contribution in [0.1, 0.15) is 12.5 Å². The van der Waals surface area contributed by atoms with Gasteiger partial charge in [0.1, 0.15) is 11.4 Å². The van der Waals surface area contributed by atoms with Gasteiger partial charge in [-0.2, -0.15) is 0 Å². The Kier molecular flexibility index (Phi) is 4.36. The molecule has 0 aliphatic rings. The highest BCUT2D eigenvalue weighted by Crippen LogP contribution is 2.38. The molecule has 3 aromatic rings. The summed E-state index contributed by atoms with van der Waals surface area (Å²) in [5.74, 6) is 0.775. The molecule has 22 heavy (non-hydrogen) atoms. The number of rotatable bonds is 3. The maximum absolute atomic E-state index is 13.2. The Balaban J connectivity index is 2.36. The lowest BCUT2D eigenvalue weighted by atomic mass is 10.1. The molecule has 2 nitrogen and oxygen atoms in total. The average molecular weight is 428 g/mol. The Morgan fingerprint density at radius 2 is 1.91 bits per heavy atom. The minimum atomic E-state index is -1.16. The van der Waals surface area contributed by atoms with Crippen molar-refractivity contribution >= 4 is 44.4 Å². The van der Waals surface area contributed by atoms with Crippen molar-refractivity contribution in [2.45, 2.75) is 18.7 Å². The van der Waals surface area contributed by atoms with E-state index < -0.39 is 10.8 Å². The molecule has 0 aliphatic carbocycles. The number of halogens is 2. The molecular weight excluding hydrogens is 414 g/mol. The minimum absolute atomic E-state index is 0.302. The first-order valence-electron chi connectivity index (χ1n) is 6.88. The Morgan fingerprint density at radius 3 is 2.55 bits per heavy atom. The summed E-state index contributed by atoms with van der Waals surface area (Å²) >= 11 is 2.24. The molecule has 1 aromatic heterocycles. The largest absolute Gasteiger partial charge is 0.454 e. The second-order valence-corrected chi connectivity index (χ2v) is 7.92. The van der Waals surface area contributed by atoms with Crippen molar-refractivity contribution in [3.8, 4) is 11.3 Å². The van der Waals surface area contributed by atoms with Gasteiger partial charge in [-0.15, -0.1) is 0 Å². The zero-order valence-corrected chi connectivity index (χ0v) is 15.1. The Bertz CT molecular complexity index is 868. The predicted molar refractivity (Wildman–Crippen MR) is 96.0 cm³/mol. The average Bonchev–Trinajstić information content (AvgIpc) is 2.87. The Hall–Kier alpha value is -1.21. The molecule has 3 rings (SSSR count). The third-order valence-corrected chi connectivity index (χ3v) is 5.50. The highest BCUT2D eigenvalue weighted by molar-refractivity contribution is 14.1. The van der Waals surface area contributed by atoms with Crippen molar-refractivity contribution in [2.75, 3.05) is 5.75 Å². The number of hydrogen-bond donors (Lipinski definition) is 0. The molecule has 0 unspecified atom stereocenters. The Morgan fingerprint density at radius 1 is 1.23 bits per heavy atom. The van der Waals surface area contributed by atoms with E-state index in [2.05, 4.69) is 22.6 Å². The van der Waals surface area contributed by atoms with Crippen LogP contribution in [0.4, 0.5) is 4.39 Å². The summed E-state index contributed by atoms with van der Waals surface area (Å²) < 4.78 is 32.8. The van der Waals surface area contributed by atoms with Crippen molar-refractivity contribution in [2.24, 2.45) is 0 Å². The summed E-state index contributed by atoms with van der Waals surface area (Å²) in [5, 5.41) is 0.879.